The lowest BCUT2D eigenvalue weighted by molar-refractivity contribution is 0.587. The van der Waals surface area contributed by atoms with Gasteiger partial charge in [0.15, 0.2) is 0 Å². The van der Waals surface area contributed by atoms with Crippen LogP contribution < -0.4 is 0 Å². The first-order chi connectivity index (χ1) is 6.58. The van der Waals surface area contributed by atoms with E-state index >= 15 is 0 Å². The third kappa shape index (κ3) is 4.61. The third-order valence-electron chi connectivity index (χ3n) is 1.64. The fourth-order valence-corrected chi connectivity index (χ4v) is 0.985. The fraction of sp³-hybridized carbons (Fsp3) is 0.308. The van der Waals surface area contributed by atoms with E-state index in [0.717, 1.165) is 0 Å². The van der Waals surface area contributed by atoms with Crippen molar-refractivity contribution in [3.05, 3.63) is 42.0 Å². The van der Waals surface area contributed by atoms with Crippen LogP contribution in [0.15, 0.2) is 41.4 Å². The Morgan fingerprint density at radius 3 is 2.29 bits per heavy atom. The molecule has 0 saturated carbocycles. The first kappa shape index (κ1) is 10.7. The molecule has 0 aliphatic rings. The van der Waals surface area contributed by atoms with Crippen molar-refractivity contribution in [1.29, 1.82) is 0 Å². The van der Waals surface area contributed by atoms with Crippen molar-refractivity contribution in [3.8, 4) is 0 Å². The van der Waals surface area contributed by atoms with Gasteiger partial charge in [0.05, 0.1) is 5.54 Å². The number of rotatable bonds is 2. The molecular weight excluding hydrogens is 170 g/mol. The highest BCUT2D eigenvalue weighted by atomic mass is 14.8. The summed E-state index contributed by atoms with van der Waals surface area (Å²) in [6.07, 6.45) is 5.88. The van der Waals surface area contributed by atoms with Crippen molar-refractivity contribution in [2.45, 2.75) is 26.3 Å². The van der Waals surface area contributed by atoms with Gasteiger partial charge in [0, 0.05) is 6.21 Å². The predicted octanol–water partition coefficient (Wildman–Crippen LogP) is 3.57. The lowest BCUT2D eigenvalue weighted by atomic mass is 10.1. The summed E-state index contributed by atoms with van der Waals surface area (Å²) in [6, 6.07) is 10.2. The van der Waals surface area contributed by atoms with Gasteiger partial charge >= 0.3 is 0 Å². The van der Waals surface area contributed by atoms with Crippen LogP contribution in [-0.2, 0) is 0 Å². The Hall–Kier alpha value is -1.37. The molecule has 0 aliphatic carbocycles. The summed E-state index contributed by atoms with van der Waals surface area (Å²) in [7, 11) is 0. The van der Waals surface area contributed by atoms with Gasteiger partial charge < -0.3 is 0 Å². The molecule has 1 aromatic rings. The molecule has 0 N–H and O–H groups in total. The zero-order chi connectivity index (χ0) is 10.4. The lowest BCUT2D eigenvalue weighted by Gasteiger charge is -2.09. The van der Waals surface area contributed by atoms with Gasteiger partial charge in [0.1, 0.15) is 0 Å². The molecule has 1 aromatic carbocycles. The van der Waals surface area contributed by atoms with Crippen LogP contribution in [0.3, 0.4) is 0 Å². The third-order valence-corrected chi connectivity index (χ3v) is 1.64. The van der Waals surface area contributed by atoms with E-state index in [-0.39, 0.29) is 5.54 Å². The molecule has 0 spiro atoms. The highest BCUT2D eigenvalue weighted by molar-refractivity contribution is 5.78. The Kier molecular flexibility index (Phi) is 3.63. The molecule has 14 heavy (non-hydrogen) atoms. The van der Waals surface area contributed by atoms with E-state index in [4.69, 9.17) is 0 Å². The summed E-state index contributed by atoms with van der Waals surface area (Å²) < 4.78 is 0. The van der Waals surface area contributed by atoms with E-state index in [1.807, 2.05) is 30.5 Å². The highest BCUT2D eigenvalue weighted by Crippen LogP contribution is 2.05. The van der Waals surface area contributed by atoms with E-state index in [0.29, 0.717) is 0 Å². The van der Waals surface area contributed by atoms with Crippen molar-refractivity contribution >= 4 is 12.3 Å². The maximum Gasteiger partial charge on any atom is 0.0524 e. The van der Waals surface area contributed by atoms with Crippen LogP contribution in [0.1, 0.15) is 26.3 Å². The van der Waals surface area contributed by atoms with E-state index < -0.39 is 0 Å². The smallest absolute Gasteiger partial charge is 0.0524 e. The maximum atomic E-state index is 4.36. The molecule has 74 valence electrons. The maximum absolute atomic E-state index is 4.36. The second-order valence-electron chi connectivity index (χ2n) is 4.22. The van der Waals surface area contributed by atoms with Crippen LogP contribution in [-0.4, -0.2) is 11.8 Å². The topological polar surface area (TPSA) is 12.4 Å². The molecule has 1 heteroatoms. The van der Waals surface area contributed by atoms with Crippen molar-refractivity contribution in [3.63, 3.8) is 0 Å². The Bertz CT molecular complexity index is 315. The second-order valence-corrected chi connectivity index (χ2v) is 4.22. The summed E-state index contributed by atoms with van der Waals surface area (Å²) >= 11 is 0. The minimum absolute atomic E-state index is 0.0149. The number of hydrogen-bond donors (Lipinski definition) is 0. The molecule has 0 saturated heterocycles. The fourth-order valence-electron chi connectivity index (χ4n) is 0.985. The lowest BCUT2D eigenvalue weighted by Crippen LogP contribution is -2.08. The van der Waals surface area contributed by atoms with E-state index in [2.05, 4.69) is 44.0 Å². The van der Waals surface area contributed by atoms with Gasteiger partial charge in [0.2, 0.25) is 0 Å². The van der Waals surface area contributed by atoms with Crippen molar-refractivity contribution in [2.24, 2.45) is 4.99 Å². The molecule has 0 aromatic heterocycles. The average molecular weight is 187 g/mol. The Morgan fingerprint density at radius 1 is 1.07 bits per heavy atom. The second kappa shape index (κ2) is 4.75. The standard InChI is InChI=1S/C13H17N/c1-13(2,3)14-11-7-10-12-8-5-4-6-9-12/h4-11H,1-3H3/b10-7+,14-11+. The summed E-state index contributed by atoms with van der Waals surface area (Å²) in [5, 5.41) is 0. The average Bonchev–Trinajstić information content (AvgIpc) is 2.13. The van der Waals surface area contributed by atoms with Crippen LogP contribution in [0.25, 0.3) is 6.08 Å². The zero-order valence-corrected chi connectivity index (χ0v) is 9.07. The molecule has 0 unspecified atom stereocenters. The summed E-state index contributed by atoms with van der Waals surface area (Å²) in [5.41, 5.74) is 1.22. The van der Waals surface area contributed by atoms with E-state index in [9.17, 15) is 0 Å². The SMILES string of the molecule is CC(C)(C)/N=C/C=C/c1ccccc1. The largest absolute Gasteiger partial charge is 0.287 e. The minimum atomic E-state index is 0.0149. The predicted molar refractivity (Wildman–Crippen MR) is 63.7 cm³/mol. The Balaban J connectivity index is 2.54. The van der Waals surface area contributed by atoms with Gasteiger partial charge in [-0.25, -0.2) is 0 Å². The monoisotopic (exact) mass is 187 g/mol. The van der Waals surface area contributed by atoms with Gasteiger partial charge in [-0.3, -0.25) is 4.99 Å². The van der Waals surface area contributed by atoms with Gasteiger partial charge in [-0.1, -0.05) is 36.4 Å². The van der Waals surface area contributed by atoms with Crippen LogP contribution in [0.5, 0.6) is 0 Å². The van der Waals surface area contributed by atoms with E-state index in [1.165, 1.54) is 5.56 Å². The molecule has 0 radical (unpaired) electrons. The first-order valence-electron chi connectivity index (χ1n) is 4.85. The molecule has 0 aliphatic heterocycles. The van der Waals surface area contributed by atoms with Crippen LogP contribution in [0.4, 0.5) is 0 Å². The van der Waals surface area contributed by atoms with E-state index in [1.54, 1.807) is 0 Å². The molecule has 1 rings (SSSR count). The molecule has 0 atom stereocenters. The minimum Gasteiger partial charge on any atom is -0.287 e. The Labute approximate surface area is 86.2 Å². The molecule has 0 heterocycles. The normalized spacial score (nSPS) is 12.8. The van der Waals surface area contributed by atoms with Crippen LogP contribution >= 0.6 is 0 Å². The molecule has 0 fully saturated rings. The summed E-state index contributed by atoms with van der Waals surface area (Å²) in [6.45, 7) is 6.25. The molecular formula is C13H17N. The number of allylic oxidation sites excluding steroid dienone is 1. The number of hydrogen-bond acceptors (Lipinski definition) is 1. The number of aliphatic imine (C=N–C) groups is 1. The molecule has 0 amide bonds. The van der Waals surface area contributed by atoms with Crippen molar-refractivity contribution in [1.82, 2.24) is 0 Å². The molecule has 0 bridgehead atoms. The van der Waals surface area contributed by atoms with Gasteiger partial charge in [0.25, 0.3) is 0 Å². The van der Waals surface area contributed by atoms with Gasteiger partial charge in [-0.05, 0) is 32.4 Å². The number of benzene rings is 1. The van der Waals surface area contributed by atoms with Crippen molar-refractivity contribution in [2.75, 3.05) is 0 Å². The van der Waals surface area contributed by atoms with Crippen molar-refractivity contribution < 1.29 is 0 Å². The van der Waals surface area contributed by atoms with Gasteiger partial charge in [-0.15, -0.1) is 0 Å². The summed E-state index contributed by atoms with van der Waals surface area (Å²) in [5.74, 6) is 0. The first-order valence-corrected chi connectivity index (χ1v) is 4.85. The zero-order valence-electron chi connectivity index (χ0n) is 9.07. The van der Waals surface area contributed by atoms with Crippen LogP contribution in [0, 0.1) is 0 Å². The quantitative estimate of drug-likeness (QED) is 0.628. The highest BCUT2D eigenvalue weighted by Gasteiger charge is 2.02. The van der Waals surface area contributed by atoms with Gasteiger partial charge in [-0.2, -0.15) is 0 Å². The molecule has 1 nitrogen and oxygen atoms in total. The number of nitrogens with zero attached hydrogens (tertiary/aromatic N) is 1. The van der Waals surface area contributed by atoms with Crippen LogP contribution in [0.2, 0.25) is 0 Å². The summed E-state index contributed by atoms with van der Waals surface area (Å²) in [4.78, 5) is 4.36. The Morgan fingerprint density at radius 2 is 1.71 bits per heavy atom.